The van der Waals surface area contributed by atoms with Crippen molar-refractivity contribution in [2.45, 2.75) is 70.4 Å². The molecule has 0 unspecified atom stereocenters. The Balaban J connectivity index is 1.36. The number of rotatable bonds is 8. The summed E-state index contributed by atoms with van der Waals surface area (Å²) in [6.45, 7) is 6.72. The van der Waals surface area contributed by atoms with Crippen molar-refractivity contribution in [2.75, 3.05) is 0 Å². The van der Waals surface area contributed by atoms with Crippen LogP contribution in [0.2, 0.25) is 0 Å². The molecule has 0 bridgehead atoms. The molecule has 32 heavy (non-hydrogen) atoms. The number of hydrogen-bond donors (Lipinski definition) is 2. The highest BCUT2D eigenvalue weighted by Crippen LogP contribution is 2.29. The summed E-state index contributed by atoms with van der Waals surface area (Å²) in [4.78, 5) is 16.6. The summed E-state index contributed by atoms with van der Waals surface area (Å²) in [5, 5.41) is 1.21. The lowest BCUT2D eigenvalue weighted by atomic mass is 9.88. The molecule has 1 saturated carbocycles. The van der Waals surface area contributed by atoms with Crippen molar-refractivity contribution in [2.24, 2.45) is 11.8 Å². The number of aromatic nitrogens is 1. The Bertz CT molecular complexity index is 1030. The molecule has 0 radical (unpaired) electrons. The van der Waals surface area contributed by atoms with Gasteiger partial charge in [-0.15, -0.1) is 0 Å². The van der Waals surface area contributed by atoms with Gasteiger partial charge in [0.2, 0.25) is 0 Å². The van der Waals surface area contributed by atoms with Crippen LogP contribution in [0.25, 0.3) is 22.2 Å². The van der Waals surface area contributed by atoms with Crippen molar-refractivity contribution in [3.8, 4) is 11.3 Å². The molecule has 4 nitrogen and oxygen atoms in total. The molecule has 5 heteroatoms. The summed E-state index contributed by atoms with van der Waals surface area (Å²) in [5.74, 6) is 1.05. The van der Waals surface area contributed by atoms with Crippen molar-refractivity contribution < 1.29 is 9.53 Å². The zero-order chi connectivity index (χ0) is 22.5. The smallest absolute Gasteiger partial charge is 0.306 e. The van der Waals surface area contributed by atoms with Crippen LogP contribution in [-0.2, 0) is 16.1 Å². The highest BCUT2D eigenvalue weighted by molar-refractivity contribution is 7.97. The van der Waals surface area contributed by atoms with Gasteiger partial charge in [-0.2, -0.15) is 0 Å². The fraction of sp³-hybridized carbons (Fsp3) is 0.444. The summed E-state index contributed by atoms with van der Waals surface area (Å²) < 4.78 is 9.03. The first-order valence-electron chi connectivity index (χ1n) is 11.8. The highest BCUT2D eigenvalue weighted by atomic mass is 32.2. The predicted octanol–water partition coefficient (Wildman–Crippen LogP) is 7.10. The van der Waals surface area contributed by atoms with Crippen LogP contribution in [0.5, 0.6) is 0 Å². The van der Waals surface area contributed by atoms with Crippen molar-refractivity contribution >= 4 is 28.8 Å². The van der Waals surface area contributed by atoms with Crippen LogP contribution in [0.3, 0.4) is 0 Å². The second-order valence-electron chi connectivity index (χ2n) is 9.56. The lowest BCUT2D eigenvalue weighted by Gasteiger charge is -2.26. The van der Waals surface area contributed by atoms with Gasteiger partial charge in [-0.05, 0) is 78.8 Å². The number of nitrogens with one attached hydrogen (secondary N) is 2. The normalized spacial score (nSPS) is 18.9. The average molecular weight is 451 g/mol. The topological polar surface area (TPSA) is 54.1 Å². The van der Waals surface area contributed by atoms with Crippen molar-refractivity contribution in [3.05, 3.63) is 54.1 Å². The molecule has 170 valence electrons. The minimum absolute atomic E-state index is 0.138. The van der Waals surface area contributed by atoms with Crippen molar-refractivity contribution in [1.29, 1.82) is 0 Å². The number of benzene rings is 2. The highest BCUT2D eigenvalue weighted by Gasteiger charge is 2.18. The number of fused-ring (bicyclic) bond motifs is 1. The third-order valence-electron chi connectivity index (χ3n) is 6.19. The monoisotopic (exact) mass is 450 g/mol. The van der Waals surface area contributed by atoms with Gasteiger partial charge in [-0.3, -0.25) is 9.52 Å². The second-order valence-corrected chi connectivity index (χ2v) is 10.5. The quantitative estimate of drug-likeness (QED) is 0.284. The molecule has 1 aromatic heterocycles. The molecule has 0 atom stereocenters. The van der Waals surface area contributed by atoms with Crippen LogP contribution in [-0.4, -0.2) is 17.0 Å². The van der Waals surface area contributed by atoms with Gasteiger partial charge in [0, 0.05) is 34.0 Å². The molecule has 1 aliphatic rings. The fourth-order valence-corrected chi connectivity index (χ4v) is 5.04. The molecular formula is C27H34N2O2S. The van der Waals surface area contributed by atoms with Crippen LogP contribution >= 0.6 is 11.9 Å². The number of esters is 1. The van der Waals surface area contributed by atoms with Crippen LogP contribution in [0.1, 0.15) is 58.4 Å². The largest absolute Gasteiger partial charge is 0.461 e. The maximum absolute atomic E-state index is 11.8. The van der Waals surface area contributed by atoms with E-state index in [1.54, 1.807) is 11.9 Å². The number of carbonyl (C=O) groups is 1. The van der Waals surface area contributed by atoms with E-state index in [1.165, 1.54) is 36.0 Å². The van der Waals surface area contributed by atoms with Gasteiger partial charge in [0.1, 0.15) is 6.61 Å². The van der Waals surface area contributed by atoms with Gasteiger partial charge in [-0.1, -0.05) is 51.1 Å². The Morgan fingerprint density at radius 1 is 1.09 bits per heavy atom. The lowest BCUT2D eigenvalue weighted by molar-refractivity contribution is -0.145. The van der Waals surface area contributed by atoms with Crippen LogP contribution in [0, 0.1) is 11.8 Å². The Kier molecular flexibility index (Phi) is 7.59. The number of ether oxygens (including phenoxy) is 1. The zero-order valence-corrected chi connectivity index (χ0v) is 20.1. The number of aromatic amines is 1. The summed E-state index contributed by atoms with van der Waals surface area (Å²) >= 11 is 1.75. The van der Waals surface area contributed by atoms with E-state index in [1.807, 2.05) is 26.0 Å². The molecule has 0 aliphatic heterocycles. The van der Waals surface area contributed by atoms with Gasteiger partial charge in [0.05, 0.1) is 0 Å². The van der Waals surface area contributed by atoms with E-state index < -0.39 is 0 Å². The molecule has 2 N–H and O–H groups in total. The first-order valence-corrected chi connectivity index (χ1v) is 12.6. The number of H-pyrrole nitrogens is 1. The summed E-state index contributed by atoms with van der Waals surface area (Å²) in [5.41, 5.74) is 4.38. The van der Waals surface area contributed by atoms with Crippen LogP contribution < -0.4 is 4.72 Å². The van der Waals surface area contributed by atoms with E-state index in [0.29, 0.717) is 25.0 Å². The predicted molar refractivity (Wildman–Crippen MR) is 133 cm³/mol. The Morgan fingerprint density at radius 3 is 2.56 bits per heavy atom. The van der Waals surface area contributed by atoms with Gasteiger partial charge >= 0.3 is 5.97 Å². The summed E-state index contributed by atoms with van der Waals surface area (Å²) in [7, 11) is 0. The van der Waals surface area contributed by atoms with Crippen molar-refractivity contribution in [3.63, 3.8) is 0 Å². The summed E-state index contributed by atoms with van der Waals surface area (Å²) in [6, 6.07) is 17.6. The van der Waals surface area contributed by atoms with E-state index >= 15 is 0 Å². The Hall–Kier alpha value is -2.24. The lowest BCUT2D eigenvalue weighted by Crippen LogP contribution is -2.27. The van der Waals surface area contributed by atoms with Gasteiger partial charge in [0.15, 0.2) is 0 Å². The first-order chi connectivity index (χ1) is 15.5. The Labute approximate surface area is 195 Å². The SMILES string of the molecule is CC(C)CC(=O)OCc1ccc(-c2cc3ccc(SNC4CCC(C)CC4)cc3[nH]2)cc1. The van der Waals surface area contributed by atoms with E-state index in [9.17, 15) is 4.79 Å². The average Bonchev–Trinajstić information content (AvgIpc) is 3.21. The molecule has 4 rings (SSSR count). The van der Waals surface area contributed by atoms with Gasteiger partial charge < -0.3 is 9.72 Å². The third kappa shape index (κ3) is 6.17. The van der Waals surface area contributed by atoms with E-state index in [0.717, 1.165) is 28.3 Å². The molecular weight excluding hydrogens is 416 g/mol. The molecule has 3 aromatic rings. The minimum Gasteiger partial charge on any atom is -0.461 e. The molecule has 1 fully saturated rings. The zero-order valence-electron chi connectivity index (χ0n) is 19.3. The van der Waals surface area contributed by atoms with Crippen LogP contribution in [0.15, 0.2) is 53.4 Å². The Morgan fingerprint density at radius 2 is 1.84 bits per heavy atom. The standard InChI is InChI=1S/C27H34N2O2S/c1-18(2)14-27(30)31-17-20-6-8-21(9-7-20)25-15-22-10-13-24(16-26(22)28-25)32-29-23-11-4-19(3)5-12-23/h6-10,13,15-16,18-19,23,28-29H,4-5,11-12,14,17H2,1-3H3. The first kappa shape index (κ1) is 22.9. The van der Waals surface area contributed by atoms with E-state index in [4.69, 9.17) is 4.74 Å². The fourth-order valence-electron chi connectivity index (χ4n) is 4.19. The maximum Gasteiger partial charge on any atom is 0.306 e. The molecule has 0 saturated heterocycles. The molecule has 2 aromatic carbocycles. The number of carbonyl (C=O) groups excluding carboxylic acids is 1. The van der Waals surface area contributed by atoms with E-state index in [-0.39, 0.29) is 5.97 Å². The van der Waals surface area contributed by atoms with Crippen LogP contribution in [0.4, 0.5) is 0 Å². The number of hydrogen-bond acceptors (Lipinski definition) is 4. The molecule has 1 heterocycles. The van der Waals surface area contributed by atoms with Gasteiger partial charge in [0.25, 0.3) is 0 Å². The second kappa shape index (κ2) is 10.6. The summed E-state index contributed by atoms with van der Waals surface area (Å²) in [6.07, 6.45) is 5.67. The molecule has 0 amide bonds. The van der Waals surface area contributed by atoms with Gasteiger partial charge in [-0.25, -0.2) is 0 Å². The van der Waals surface area contributed by atoms with Crippen molar-refractivity contribution in [1.82, 2.24) is 9.71 Å². The third-order valence-corrected chi connectivity index (χ3v) is 7.13. The minimum atomic E-state index is -0.138. The maximum atomic E-state index is 11.8. The molecule has 1 aliphatic carbocycles. The molecule has 0 spiro atoms. The van der Waals surface area contributed by atoms with E-state index in [2.05, 4.69) is 53.0 Å².